The van der Waals surface area contributed by atoms with E-state index < -0.39 is 5.97 Å². The molecule has 6 heteroatoms. The molecule has 0 radical (unpaired) electrons. The lowest BCUT2D eigenvalue weighted by atomic mass is 10.2. The molecule has 0 atom stereocenters. The number of carboxylic acids is 1. The highest BCUT2D eigenvalue weighted by molar-refractivity contribution is 7.11. The second-order valence-corrected chi connectivity index (χ2v) is 3.60. The lowest BCUT2D eigenvalue weighted by Crippen LogP contribution is -1.94. The summed E-state index contributed by atoms with van der Waals surface area (Å²) in [4.78, 5) is 14.1. The minimum atomic E-state index is -0.925. The molecule has 0 bridgehead atoms. The molecule has 1 aromatic rings. The van der Waals surface area contributed by atoms with E-state index in [4.69, 9.17) is 10.6 Å². The van der Waals surface area contributed by atoms with Crippen molar-refractivity contribution in [2.75, 3.05) is 6.54 Å². The summed E-state index contributed by atoms with van der Waals surface area (Å²) >= 11 is 1.37. The predicted molar refractivity (Wildman–Crippen MR) is 58.9 cm³/mol. The third kappa shape index (κ3) is 3.46. The van der Waals surface area contributed by atoms with Gasteiger partial charge in [0.1, 0.15) is 0 Å². The maximum atomic E-state index is 10.7. The van der Waals surface area contributed by atoms with Gasteiger partial charge in [0.2, 0.25) is 0 Å². The van der Waals surface area contributed by atoms with Crippen molar-refractivity contribution in [3.8, 4) is 0 Å². The average molecular weight is 223 g/mol. The van der Waals surface area contributed by atoms with E-state index in [0.717, 1.165) is 0 Å². The minimum Gasteiger partial charge on any atom is -0.478 e. The minimum absolute atomic E-state index is 0.306. The van der Waals surface area contributed by atoms with E-state index in [-0.39, 0.29) is 0 Å². The molecule has 0 aliphatic carbocycles. The first-order valence-electron chi connectivity index (χ1n) is 4.24. The molecule has 0 aromatic carbocycles. The molecule has 5 nitrogen and oxygen atoms in total. The van der Waals surface area contributed by atoms with Crippen molar-refractivity contribution >= 4 is 23.4 Å². The van der Waals surface area contributed by atoms with Gasteiger partial charge in [-0.2, -0.15) is 0 Å². The molecular weight excluding hydrogens is 214 g/mol. The first-order chi connectivity index (χ1) is 7.25. The van der Waals surface area contributed by atoms with Crippen LogP contribution in [0.3, 0.4) is 0 Å². The number of rotatable bonds is 5. The van der Waals surface area contributed by atoms with Gasteiger partial charge in [0.05, 0.1) is 5.56 Å². The van der Waals surface area contributed by atoms with Gasteiger partial charge in [0, 0.05) is 16.3 Å². The zero-order chi connectivity index (χ0) is 11.1. The second kappa shape index (κ2) is 5.85. The Morgan fingerprint density at radius 2 is 2.53 bits per heavy atom. The first-order valence-corrected chi connectivity index (χ1v) is 5.12. The van der Waals surface area contributed by atoms with E-state index in [0.29, 0.717) is 23.4 Å². The number of carboxylic acid groups (broad SMARTS) is 1. The molecule has 78 valence electrons. The van der Waals surface area contributed by atoms with Crippen LogP contribution >= 0.6 is 11.3 Å². The van der Waals surface area contributed by atoms with Crippen LogP contribution in [0.1, 0.15) is 21.7 Å². The van der Waals surface area contributed by atoms with Crippen molar-refractivity contribution in [2.45, 2.75) is 6.42 Å². The van der Waals surface area contributed by atoms with Crippen LogP contribution in [0.5, 0.6) is 0 Å². The van der Waals surface area contributed by atoms with Gasteiger partial charge in [0.15, 0.2) is 0 Å². The van der Waals surface area contributed by atoms with Gasteiger partial charge in [0.25, 0.3) is 0 Å². The Bertz CT molecular complexity index is 419. The molecule has 0 saturated carbocycles. The number of aromatic carboxylic acids is 1. The third-order valence-corrected chi connectivity index (χ3v) is 2.54. The quantitative estimate of drug-likeness (QED) is 0.359. The van der Waals surface area contributed by atoms with Crippen LogP contribution in [0.4, 0.5) is 0 Å². The summed E-state index contributed by atoms with van der Waals surface area (Å²) < 4.78 is 0. The summed E-state index contributed by atoms with van der Waals surface area (Å²) in [5.41, 5.74) is 8.33. The van der Waals surface area contributed by atoms with Crippen molar-refractivity contribution in [3.63, 3.8) is 0 Å². The summed E-state index contributed by atoms with van der Waals surface area (Å²) in [7, 11) is 0. The molecule has 1 aromatic heterocycles. The van der Waals surface area contributed by atoms with Crippen LogP contribution < -0.4 is 0 Å². The molecule has 15 heavy (non-hydrogen) atoms. The number of thiophene rings is 1. The summed E-state index contributed by atoms with van der Waals surface area (Å²) in [5, 5.41) is 13.9. The number of hydrogen-bond acceptors (Lipinski definition) is 3. The molecule has 0 aliphatic heterocycles. The smallest absolute Gasteiger partial charge is 0.337 e. The topological polar surface area (TPSA) is 86.1 Å². The maximum Gasteiger partial charge on any atom is 0.337 e. The van der Waals surface area contributed by atoms with Gasteiger partial charge >= 0.3 is 5.97 Å². The lowest BCUT2D eigenvalue weighted by Gasteiger charge is -1.91. The molecule has 1 heterocycles. The fourth-order valence-electron chi connectivity index (χ4n) is 0.994. The molecule has 0 saturated heterocycles. The standard InChI is InChI=1S/C9H9N3O2S/c10-12-11-5-2-1-3-8-7(9(13)14)4-6-15-8/h1,3-4,6H,2,5H2,(H,13,14). The molecule has 0 fully saturated rings. The van der Waals surface area contributed by atoms with Crippen LogP contribution in [0.25, 0.3) is 16.5 Å². The zero-order valence-electron chi connectivity index (χ0n) is 7.83. The largest absolute Gasteiger partial charge is 0.478 e. The monoisotopic (exact) mass is 223 g/mol. The first kappa shape index (κ1) is 11.3. The van der Waals surface area contributed by atoms with Crippen LogP contribution in [-0.2, 0) is 0 Å². The Hall–Kier alpha value is -1.78. The molecule has 0 amide bonds. The van der Waals surface area contributed by atoms with Crippen LogP contribution in [-0.4, -0.2) is 17.6 Å². The molecule has 1 N–H and O–H groups in total. The highest BCUT2D eigenvalue weighted by atomic mass is 32.1. The van der Waals surface area contributed by atoms with Crippen molar-refractivity contribution in [1.82, 2.24) is 0 Å². The van der Waals surface area contributed by atoms with E-state index in [2.05, 4.69) is 10.0 Å². The normalized spacial score (nSPS) is 10.1. The molecule has 0 unspecified atom stereocenters. The Kier molecular flexibility index (Phi) is 4.40. The Morgan fingerprint density at radius 1 is 1.73 bits per heavy atom. The third-order valence-electron chi connectivity index (χ3n) is 1.65. The van der Waals surface area contributed by atoms with E-state index in [1.165, 1.54) is 11.3 Å². The summed E-state index contributed by atoms with van der Waals surface area (Å²) in [6.07, 6.45) is 4.15. The zero-order valence-corrected chi connectivity index (χ0v) is 8.65. The van der Waals surface area contributed by atoms with E-state index >= 15 is 0 Å². The SMILES string of the molecule is [N-]=[N+]=NCCC=Cc1sccc1C(=O)O. The number of carbonyl (C=O) groups is 1. The molecule has 0 aliphatic rings. The number of azide groups is 1. The van der Waals surface area contributed by atoms with Crippen molar-refractivity contribution in [2.24, 2.45) is 5.11 Å². The second-order valence-electron chi connectivity index (χ2n) is 2.65. The average Bonchev–Trinajstić information content (AvgIpc) is 2.66. The fourth-order valence-corrected chi connectivity index (χ4v) is 1.80. The highest BCUT2D eigenvalue weighted by Crippen LogP contribution is 2.18. The van der Waals surface area contributed by atoms with E-state index in [1.807, 2.05) is 0 Å². The Labute approximate surface area is 90.3 Å². The van der Waals surface area contributed by atoms with Gasteiger partial charge in [-0.15, -0.1) is 11.3 Å². The summed E-state index contributed by atoms with van der Waals surface area (Å²) in [6, 6.07) is 1.57. The van der Waals surface area contributed by atoms with E-state index in [1.54, 1.807) is 23.6 Å². The number of nitrogens with zero attached hydrogens (tertiary/aromatic N) is 3. The van der Waals surface area contributed by atoms with Gasteiger partial charge in [-0.25, -0.2) is 4.79 Å². The summed E-state index contributed by atoms with van der Waals surface area (Å²) in [5.74, 6) is -0.925. The number of hydrogen-bond donors (Lipinski definition) is 1. The van der Waals surface area contributed by atoms with Gasteiger partial charge in [-0.3, -0.25) is 0 Å². The lowest BCUT2D eigenvalue weighted by molar-refractivity contribution is 0.0697. The predicted octanol–water partition coefficient (Wildman–Crippen LogP) is 3.16. The van der Waals surface area contributed by atoms with Crippen LogP contribution in [0.2, 0.25) is 0 Å². The van der Waals surface area contributed by atoms with Gasteiger partial charge in [-0.05, 0) is 29.5 Å². The molecular formula is C9H9N3O2S. The molecule has 1 rings (SSSR count). The van der Waals surface area contributed by atoms with Gasteiger partial charge in [-0.1, -0.05) is 11.2 Å². The maximum absolute atomic E-state index is 10.7. The Morgan fingerprint density at radius 3 is 3.20 bits per heavy atom. The Balaban J connectivity index is 2.60. The van der Waals surface area contributed by atoms with Crippen molar-refractivity contribution < 1.29 is 9.90 Å². The highest BCUT2D eigenvalue weighted by Gasteiger charge is 2.07. The van der Waals surface area contributed by atoms with Gasteiger partial charge < -0.3 is 5.11 Å². The van der Waals surface area contributed by atoms with Crippen LogP contribution in [0, 0.1) is 0 Å². The molecule has 0 spiro atoms. The van der Waals surface area contributed by atoms with E-state index in [9.17, 15) is 4.79 Å². The van der Waals surface area contributed by atoms with Crippen molar-refractivity contribution in [3.05, 3.63) is 38.4 Å². The van der Waals surface area contributed by atoms with Crippen molar-refractivity contribution in [1.29, 1.82) is 0 Å². The van der Waals surface area contributed by atoms with Crippen LogP contribution in [0.15, 0.2) is 22.6 Å². The summed E-state index contributed by atoms with van der Waals surface area (Å²) in [6.45, 7) is 0.390. The fraction of sp³-hybridized carbons (Fsp3) is 0.222.